The second kappa shape index (κ2) is 11.1. The highest BCUT2D eigenvalue weighted by molar-refractivity contribution is 5.97. The van der Waals surface area contributed by atoms with Gasteiger partial charge < -0.3 is 19.3 Å². The standard InChI is InChI=1S/C23H22F2N4O6/c1-4-29(27-21(30)18-11-19(33-2)28-35-18)23(32)26-12-14-9-8-13(10-17(14)25)15-6-5-7-16(24)20(15)22(31)34-3/h5-11H,4,12H2,1-3H3,(H,26,32)(H,27,30). The Morgan fingerprint density at radius 1 is 1.09 bits per heavy atom. The van der Waals surface area contributed by atoms with Crippen molar-refractivity contribution in [2.24, 2.45) is 0 Å². The molecule has 0 aliphatic heterocycles. The number of carbonyl (C=O) groups excluding carboxylic acids is 3. The first-order chi connectivity index (χ1) is 16.8. The van der Waals surface area contributed by atoms with E-state index in [0.717, 1.165) is 24.3 Å². The second-order valence-electron chi connectivity index (χ2n) is 7.04. The highest BCUT2D eigenvalue weighted by Crippen LogP contribution is 2.28. The molecule has 12 heteroatoms. The number of nitrogens with one attached hydrogen (secondary N) is 2. The molecule has 3 amide bonds. The van der Waals surface area contributed by atoms with Crippen LogP contribution in [-0.2, 0) is 11.3 Å². The fraction of sp³-hybridized carbons (Fsp3) is 0.217. The average molecular weight is 488 g/mol. The lowest BCUT2D eigenvalue weighted by molar-refractivity contribution is 0.0596. The van der Waals surface area contributed by atoms with Gasteiger partial charge in [-0.15, -0.1) is 0 Å². The maximum atomic E-state index is 14.8. The van der Waals surface area contributed by atoms with E-state index in [1.807, 2.05) is 0 Å². The molecule has 0 radical (unpaired) electrons. The van der Waals surface area contributed by atoms with Crippen LogP contribution in [0.5, 0.6) is 5.88 Å². The zero-order valence-electron chi connectivity index (χ0n) is 19.1. The van der Waals surface area contributed by atoms with Crippen molar-refractivity contribution in [1.29, 1.82) is 0 Å². The van der Waals surface area contributed by atoms with Crippen molar-refractivity contribution in [2.75, 3.05) is 20.8 Å². The van der Waals surface area contributed by atoms with Gasteiger partial charge in [0.2, 0.25) is 5.76 Å². The fourth-order valence-electron chi connectivity index (χ4n) is 3.11. The minimum atomic E-state index is -0.889. The van der Waals surface area contributed by atoms with Crippen LogP contribution >= 0.6 is 0 Å². The van der Waals surface area contributed by atoms with Gasteiger partial charge in [0.25, 0.3) is 5.88 Å². The van der Waals surface area contributed by atoms with E-state index in [2.05, 4.69) is 20.6 Å². The number of hydrogen-bond acceptors (Lipinski definition) is 7. The number of urea groups is 1. The Balaban J connectivity index is 1.69. The lowest BCUT2D eigenvalue weighted by atomic mass is 9.98. The third-order valence-electron chi connectivity index (χ3n) is 4.92. The molecule has 0 fully saturated rings. The molecule has 184 valence electrons. The second-order valence-corrected chi connectivity index (χ2v) is 7.04. The molecule has 1 heterocycles. The third-order valence-corrected chi connectivity index (χ3v) is 4.92. The van der Waals surface area contributed by atoms with Crippen LogP contribution in [0.4, 0.5) is 13.6 Å². The minimum Gasteiger partial charge on any atom is -0.479 e. The van der Waals surface area contributed by atoms with Crippen molar-refractivity contribution in [3.63, 3.8) is 0 Å². The zero-order chi connectivity index (χ0) is 25.5. The summed E-state index contributed by atoms with van der Waals surface area (Å²) in [6, 6.07) is 8.53. The van der Waals surface area contributed by atoms with Crippen molar-refractivity contribution in [1.82, 2.24) is 20.9 Å². The van der Waals surface area contributed by atoms with E-state index in [-0.39, 0.29) is 47.0 Å². The summed E-state index contributed by atoms with van der Waals surface area (Å²) in [4.78, 5) is 36.7. The molecular formula is C23H22F2N4O6. The van der Waals surface area contributed by atoms with E-state index >= 15 is 0 Å². The van der Waals surface area contributed by atoms with E-state index < -0.39 is 29.5 Å². The van der Waals surface area contributed by atoms with Crippen LogP contribution in [0, 0.1) is 11.6 Å². The quantitative estimate of drug-likeness (QED) is 0.386. The number of amides is 3. The number of ether oxygens (including phenoxy) is 2. The summed E-state index contributed by atoms with van der Waals surface area (Å²) >= 11 is 0. The van der Waals surface area contributed by atoms with Crippen LogP contribution < -0.4 is 15.5 Å². The molecule has 0 saturated heterocycles. The summed E-state index contributed by atoms with van der Waals surface area (Å²) in [6.07, 6.45) is 0. The first-order valence-electron chi connectivity index (χ1n) is 10.3. The van der Waals surface area contributed by atoms with E-state index in [4.69, 9.17) is 9.26 Å². The Morgan fingerprint density at radius 3 is 2.49 bits per heavy atom. The normalized spacial score (nSPS) is 10.4. The Bertz CT molecular complexity index is 1250. The summed E-state index contributed by atoms with van der Waals surface area (Å²) in [5.74, 6) is -3.18. The smallest absolute Gasteiger partial charge is 0.341 e. The molecule has 1 aromatic heterocycles. The molecule has 0 atom stereocenters. The molecule has 2 aromatic carbocycles. The number of carbonyl (C=O) groups is 3. The maximum Gasteiger partial charge on any atom is 0.341 e. The first kappa shape index (κ1) is 25.1. The van der Waals surface area contributed by atoms with Gasteiger partial charge in [-0.2, -0.15) is 0 Å². The van der Waals surface area contributed by atoms with Gasteiger partial charge in [0, 0.05) is 18.7 Å². The third kappa shape index (κ3) is 5.72. The summed E-state index contributed by atoms with van der Waals surface area (Å²) < 4.78 is 43.3. The van der Waals surface area contributed by atoms with Crippen molar-refractivity contribution < 1.29 is 37.2 Å². The molecule has 0 aliphatic carbocycles. The van der Waals surface area contributed by atoms with Crippen molar-refractivity contribution in [3.8, 4) is 17.0 Å². The lowest BCUT2D eigenvalue weighted by Crippen LogP contribution is -2.50. The molecule has 3 rings (SSSR count). The van der Waals surface area contributed by atoms with Crippen LogP contribution in [0.15, 0.2) is 47.0 Å². The highest BCUT2D eigenvalue weighted by Gasteiger charge is 2.21. The molecule has 0 unspecified atom stereocenters. The van der Waals surface area contributed by atoms with Crippen LogP contribution in [0.3, 0.4) is 0 Å². The SMILES string of the molecule is CCN(NC(=O)c1cc(OC)no1)C(=O)NCc1ccc(-c2cccc(F)c2C(=O)OC)cc1F. The fourth-order valence-corrected chi connectivity index (χ4v) is 3.11. The summed E-state index contributed by atoms with van der Waals surface area (Å²) in [5.41, 5.74) is 2.58. The zero-order valence-corrected chi connectivity index (χ0v) is 19.1. The number of nitrogens with zero attached hydrogens (tertiary/aromatic N) is 2. The van der Waals surface area contributed by atoms with Gasteiger partial charge in [-0.05, 0) is 35.3 Å². The summed E-state index contributed by atoms with van der Waals surface area (Å²) in [7, 11) is 2.47. The van der Waals surface area contributed by atoms with E-state index in [9.17, 15) is 23.2 Å². The van der Waals surface area contributed by atoms with E-state index in [0.29, 0.717) is 0 Å². The monoisotopic (exact) mass is 488 g/mol. The number of hydrogen-bond donors (Lipinski definition) is 2. The Labute approximate surface area is 198 Å². The van der Waals surface area contributed by atoms with Gasteiger partial charge in [-0.1, -0.05) is 24.3 Å². The van der Waals surface area contributed by atoms with Gasteiger partial charge in [0.1, 0.15) is 17.2 Å². The Morgan fingerprint density at radius 2 is 1.86 bits per heavy atom. The van der Waals surface area contributed by atoms with Crippen LogP contribution in [0.2, 0.25) is 0 Å². The van der Waals surface area contributed by atoms with Crippen LogP contribution in [0.25, 0.3) is 11.1 Å². The Hall–Kier alpha value is -4.48. The number of hydrazine groups is 1. The van der Waals surface area contributed by atoms with Crippen molar-refractivity contribution in [3.05, 3.63) is 71.0 Å². The molecule has 10 nitrogen and oxygen atoms in total. The predicted molar refractivity (Wildman–Crippen MR) is 118 cm³/mol. The molecule has 0 bridgehead atoms. The predicted octanol–water partition coefficient (Wildman–Crippen LogP) is 3.29. The van der Waals surface area contributed by atoms with Gasteiger partial charge in [-0.25, -0.2) is 23.4 Å². The molecule has 0 saturated carbocycles. The van der Waals surface area contributed by atoms with Gasteiger partial charge in [0.15, 0.2) is 0 Å². The number of benzene rings is 2. The van der Waals surface area contributed by atoms with Crippen molar-refractivity contribution in [2.45, 2.75) is 13.5 Å². The molecular weight excluding hydrogens is 466 g/mol. The van der Waals surface area contributed by atoms with Crippen molar-refractivity contribution >= 4 is 17.9 Å². The van der Waals surface area contributed by atoms with Gasteiger partial charge in [-0.3, -0.25) is 10.2 Å². The molecule has 2 N–H and O–H groups in total. The topological polar surface area (TPSA) is 123 Å². The van der Waals surface area contributed by atoms with E-state index in [1.54, 1.807) is 6.92 Å². The van der Waals surface area contributed by atoms with E-state index in [1.165, 1.54) is 37.4 Å². The molecule has 35 heavy (non-hydrogen) atoms. The maximum absolute atomic E-state index is 14.8. The van der Waals surface area contributed by atoms with Crippen LogP contribution in [-0.4, -0.2) is 48.8 Å². The largest absolute Gasteiger partial charge is 0.479 e. The molecule has 0 spiro atoms. The van der Waals surface area contributed by atoms with Gasteiger partial charge >= 0.3 is 17.9 Å². The first-order valence-corrected chi connectivity index (χ1v) is 10.3. The Kier molecular flexibility index (Phi) is 7.97. The molecule has 3 aromatic rings. The van der Waals surface area contributed by atoms with Gasteiger partial charge in [0.05, 0.1) is 20.3 Å². The lowest BCUT2D eigenvalue weighted by Gasteiger charge is -2.21. The summed E-state index contributed by atoms with van der Waals surface area (Å²) in [6.45, 7) is 1.51. The number of methoxy groups -OCH3 is 2. The number of rotatable bonds is 7. The number of halogens is 2. The minimum absolute atomic E-state index is 0.0959. The average Bonchev–Trinajstić information content (AvgIpc) is 3.35. The van der Waals surface area contributed by atoms with Crippen LogP contribution in [0.1, 0.15) is 33.4 Å². The highest BCUT2D eigenvalue weighted by atomic mass is 19.1. The number of aromatic nitrogens is 1. The summed E-state index contributed by atoms with van der Waals surface area (Å²) in [5, 5.41) is 6.98. The number of esters is 1. The molecule has 0 aliphatic rings.